The van der Waals surface area contributed by atoms with Crippen LogP contribution in [0.3, 0.4) is 0 Å². The first-order valence-corrected chi connectivity index (χ1v) is 6.84. The van der Waals surface area contributed by atoms with E-state index in [1.807, 2.05) is 6.92 Å². The third-order valence-electron chi connectivity index (χ3n) is 3.30. The van der Waals surface area contributed by atoms with Crippen molar-refractivity contribution in [2.24, 2.45) is 0 Å². The van der Waals surface area contributed by atoms with Crippen LogP contribution in [0.2, 0.25) is 0 Å². The minimum absolute atomic E-state index is 0.0969. The molecule has 0 spiro atoms. The van der Waals surface area contributed by atoms with Crippen LogP contribution in [0.1, 0.15) is 16.7 Å². The number of carbonyl (C=O) groups excluding carboxylic acids is 1. The second-order valence-electron chi connectivity index (χ2n) is 5.02. The van der Waals surface area contributed by atoms with Crippen LogP contribution in [0.15, 0.2) is 42.5 Å². The van der Waals surface area contributed by atoms with Gasteiger partial charge in [0.15, 0.2) is 0 Å². The van der Waals surface area contributed by atoms with Crippen molar-refractivity contribution < 1.29 is 14.3 Å². The lowest BCUT2D eigenvalue weighted by molar-refractivity contribution is -0.120. The van der Waals surface area contributed by atoms with E-state index in [1.165, 1.54) is 12.1 Å². The van der Waals surface area contributed by atoms with Crippen LogP contribution >= 0.6 is 0 Å². The van der Waals surface area contributed by atoms with Gasteiger partial charge in [-0.2, -0.15) is 0 Å². The summed E-state index contributed by atoms with van der Waals surface area (Å²) in [4.78, 5) is 11.8. The second-order valence-corrected chi connectivity index (χ2v) is 5.02. The van der Waals surface area contributed by atoms with Gasteiger partial charge in [-0.3, -0.25) is 4.79 Å². The Balaban J connectivity index is 1.81. The van der Waals surface area contributed by atoms with Crippen molar-refractivity contribution in [2.75, 3.05) is 6.54 Å². The number of carbonyl (C=O) groups is 1. The predicted molar refractivity (Wildman–Crippen MR) is 79.7 cm³/mol. The quantitative estimate of drug-likeness (QED) is 0.888. The highest BCUT2D eigenvalue weighted by Gasteiger charge is 2.05. The van der Waals surface area contributed by atoms with Gasteiger partial charge in [0.25, 0.3) is 0 Å². The van der Waals surface area contributed by atoms with Crippen molar-refractivity contribution in [2.45, 2.75) is 19.8 Å². The van der Waals surface area contributed by atoms with Crippen molar-refractivity contribution in [3.8, 4) is 5.75 Å². The maximum absolute atomic E-state index is 13.0. The van der Waals surface area contributed by atoms with E-state index in [4.69, 9.17) is 0 Å². The molecule has 0 atom stereocenters. The van der Waals surface area contributed by atoms with E-state index in [-0.39, 0.29) is 23.9 Å². The van der Waals surface area contributed by atoms with Gasteiger partial charge in [0.1, 0.15) is 11.6 Å². The Morgan fingerprint density at radius 1 is 1.24 bits per heavy atom. The van der Waals surface area contributed by atoms with E-state index >= 15 is 0 Å². The van der Waals surface area contributed by atoms with Crippen molar-refractivity contribution in [1.82, 2.24) is 5.32 Å². The smallest absolute Gasteiger partial charge is 0.224 e. The lowest BCUT2D eigenvalue weighted by Crippen LogP contribution is -2.27. The van der Waals surface area contributed by atoms with Crippen LogP contribution in [0.4, 0.5) is 4.39 Å². The Hall–Kier alpha value is -2.36. The third-order valence-corrected chi connectivity index (χ3v) is 3.30. The summed E-state index contributed by atoms with van der Waals surface area (Å²) in [5.41, 5.74) is 2.68. The highest BCUT2D eigenvalue weighted by Crippen LogP contribution is 2.12. The molecule has 21 heavy (non-hydrogen) atoms. The van der Waals surface area contributed by atoms with Crippen molar-refractivity contribution in [1.29, 1.82) is 0 Å². The second kappa shape index (κ2) is 6.88. The molecular formula is C17H18FNO2. The van der Waals surface area contributed by atoms with Crippen LogP contribution < -0.4 is 5.32 Å². The number of nitrogens with one attached hydrogen (secondary N) is 1. The highest BCUT2D eigenvalue weighted by molar-refractivity contribution is 5.78. The summed E-state index contributed by atoms with van der Waals surface area (Å²) in [6.07, 6.45) is 0.898. The van der Waals surface area contributed by atoms with E-state index in [2.05, 4.69) is 5.32 Å². The fourth-order valence-electron chi connectivity index (χ4n) is 2.19. The molecule has 4 heteroatoms. The highest BCUT2D eigenvalue weighted by atomic mass is 19.1. The van der Waals surface area contributed by atoms with E-state index in [9.17, 15) is 14.3 Å². The number of phenols is 1. The Labute approximate surface area is 123 Å². The summed E-state index contributed by atoms with van der Waals surface area (Å²) in [7, 11) is 0. The van der Waals surface area contributed by atoms with E-state index in [0.29, 0.717) is 13.0 Å². The summed E-state index contributed by atoms with van der Waals surface area (Å²) in [6, 6.07) is 11.3. The standard InChI is InChI=1S/C17H18FNO2/c1-12-9-15(18)6-5-14(12)7-8-19-17(21)11-13-3-2-4-16(20)10-13/h2-6,9-10,20H,7-8,11H2,1H3,(H,19,21). The van der Waals surface area contributed by atoms with Gasteiger partial charge in [-0.1, -0.05) is 18.2 Å². The fourth-order valence-corrected chi connectivity index (χ4v) is 2.19. The van der Waals surface area contributed by atoms with Gasteiger partial charge < -0.3 is 10.4 Å². The zero-order valence-corrected chi connectivity index (χ0v) is 11.9. The van der Waals surface area contributed by atoms with Gasteiger partial charge in [0, 0.05) is 6.54 Å². The van der Waals surface area contributed by atoms with Crippen LogP contribution in [0.5, 0.6) is 5.75 Å². The molecule has 2 aromatic rings. The molecule has 2 N–H and O–H groups in total. The predicted octanol–water partition coefficient (Wildman–Crippen LogP) is 2.74. The zero-order valence-electron chi connectivity index (χ0n) is 11.9. The first-order valence-electron chi connectivity index (χ1n) is 6.84. The lowest BCUT2D eigenvalue weighted by Gasteiger charge is -2.08. The first-order chi connectivity index (χ1) is 10.0. The van der Waals surface area contributed by atoms with Gasteiger partial charge in [-0.25, -0.2) is 4.39 Å². The molecule has 110 valence electrons. The number of aryl methyl sites for hydroxylation is 1. The van der Waals surface area contributed by atoms with Crippen molar-refractivity contribution >= 4 is 5.91 Å². The molecule has 1 amide bonds. The van der Waals surface area contributed by atoms with E-state index < -0.39 is 0 Å². The number of phenolic OH excluding ortho intramolecular Hbond substituents is 1. The molecule has 0 saturated heterocycles. The Morgan fingerprint density at radius 3 is 2.76 bits per heavy atom. The number of amides is 1. The summed E-state index contributed by atoms with van der Waals surface area (Å²) in [5, 5.41) is 12.2. The molecule has 0 aliphatic heterocycles. The molecule has 0 aliphatic rings. The lowest BCUT2D eigenvalue weighted by atomic mass is 10.1. The summed E-state index contributed by atoms with van der Waals surface area (Å²) in [5.74, 6) is -0.188. The molecule has 0 saturated carbocycles. The average molecular weight is 287 g/mol. The molecule has 0 aromatic heterocycles. The molecule has 0 aliphatic carbocycles. The van der Waals surface area contributed by atoms with Gasteiger partial charge in [-0.15, -0.1) is 0 Å². The normalized spacial score (nSPS) is 10.4. The monoisotopic (exact) mass is 287 g/mol. The first kappa shape index (κ1) is 15.0. The molecule has 0 radical (unpaired) electrons. The molecule has 0 unspecified atom stereocenters. The van der Waals surface area contributed by atoms with Gasteiger partial charge in [-0.05, 0) is 54.3 Å². The molecular weight excluding hydrogens is 269 g/mol. The molecule has 0 bridgehead atoms. The Kier molecular flexibility index (Phi) is 4.93. The van der Waals surface area contributed by atoms with Gasteiger partial charge >= 0.3 is 0 Å². The maximum Gasteiger partial charge on any atom is 0.224 e. The van der Waals surface area contributed by atoms with E-state index in [0.717, 1.165) is 16.7 Å². The van der Waals surface area contributed by atoms with Crippen LogP contribution in [-0.2, 0) is 17.6 Å². The summed E-state index contributed by atoms with van der Waals surface area (Å²) >= 11 is 0. The van der Waals surface area contributed by atoms with Crippen LogP contribution in [0.25, 0.3) is 0 Å². The molecule has 2 aromatic carbocycles. The number of halogens is 1. The zero-order chi connectivity index (χ0) is 15.2. The van der Waals surface area contributed by atoms with Gasteiger partial charge in [0.2, 0.25) is 5.91 Å². The molecule has 3 nitrogen and oxygen atoms in total. The minimum atomic E-state index is -0.246. The third kappa shape index (κ3) is 4.60. The molecule has 2 rings (SSSR count). The summed E-state index contributed by atoms with van der Waals surface area (Å²) in [6.45, 7) is 2.36. The number of benzene rings is 2. The van der Waals surface area contributed by atoms with Crippen molar-refractivity contribution in [3.63, 3.8) is 0 Å². The number of aromatic hydroxyl groups is 1. The topological polar surface area (TPSA) is 49.3 Å². The number of hydrogen-bond donors (Lipinski definition) is 2. The maximum atomic E-state index is 13.0. The molecule has 0 fully saturated rings. The van der Waals surface area contributed by atoms with Crippen molar-refractivity contribution in [3.05, 3.63) is 65.0 Å². The van der Waals surface area contributed by atoms with Crippen LogP contribution in [-0.4, -0.2) is 17.6 Å². The largest absolute Gasteiger partial charge is 0.508 e. The molecule has 0 heterocycles. The van der Waals surface area contributed by atoms with Gasteiger partial charge in [0.05, 0.1) is 6.42 Å². The Bertz CT molecular complexity index is 640. The average Bonchev–Trinajstić information content (AvgIpc) is 2.41. The Morgan fingerprint density at radius 2 is 2.05 bits per heavy atom. The van der Waals surface area contributed by atoms with Crippen LogP contribution in [0, 0.1) is 12.7 Å². The summed E-state index contributed by atoms with van der Waals surface area (Å²) < 4.78 is 13.0. The fraction of sp³-hybridized carbons (Fsp3) is 0.235. The SMILES string of the molecule is Cc1cc(F)ccc1CCNC(=O)Cc1cccc(O)c1. The van der Waals surface area contributed by atoms with E-state index in [1.54, 1.807) is 30.3 Å². The number of hydrogen-bond acceptors (Lipinski definition) is 2. The number of rotatable bonds is 5. The minimum Gasteiger partial charge on any atom is -0.508 e.